The summed E-state index contributed by atoms with van der Waals surface area (Å²) in [7, 11) is 1.50. The molecule has 0 aliphatic carbocycles. The number of ether oxygens (including phenoxy) is 1. The van der Waals surface area contributed by atoms with Gasteiger partial charge in [0.05, 0.1) is 7.11 Å². The second-order valence-corrected chi connectivity index (χ2v) is 4.89. The molecule has 1 aromatic carbocycles. The molecule has 0 radical (unpaired) electrons. The van der Waals surface area contributed by atoms with Crippen LogP contribution in [0.25, 0.3) is 0 Å². The lowest BCUT2D eigenvalue weighted by molar-refractivity contribution is 0.102. The molecule has 0 aliphatic rings. The molecule has 1 heterocycles. The summed E-state index contributed by atoms with van der Waals surface area (Å²) < 4.78 is 5.13. The van der Waals surface area contributed by atoms with Gasteiger partial charge in [-0.1, -0.05) is 6.07 Å². The summed E-state index contributed by atoms with van der Waals surface area (Å²) in [5.41, 5.74) is 6.50. The molecule has 3 N–H and O–H groups in total. The highest BCUT2D eigenvalue weighted by atomic mass is 32.1. The van der Waals surface area contributed by atoms with Gasteiger partial charge in [0.25, 0.3) is 5.91 Å². The van der Waals surface area contributed by atoms with Gasteiger partial charge < -0.3 is 10.5 Å². The van der Waals surface area contributed by atoms with Gasteiger partial charge in [0, 0.05) is 16.8 Å². The van der Waals surface area contributed by atoms with Crippen LogP contribution in [-0.2, 0) is 0 Å². The number of aromatic nitrogens is 1. The van der Waals surface area contributed by atoms with Gasteiger partial charge in [0.2, 0.25) is 0 Å². The number of aryl methyl sites for hydroxylation is 1. The summed E-state index contributed by atoms with van der Waals surface area (Å²) in [6.07, 6.45) is 1.70. The van der Waals surface area contributed by atoms with E-state index in [4.69, 9.17) is 10.5 Å². The Bertz CT molecular complexity index is 580. The molecule has 0 fully saturated rings. The number of amides is 1. The number of thiazole rings is 1. The lowest BCUT2D eigenvalue weighted by Crippen LogP contribution is -2.15. The van der Waals surface area contributed by atoms with Crippen molar-refractivity contribution >= 4 is 28.1 Å². The number of hydrogen-bond acceptors (Lipinski definition) is 5. The number of nitrogens with one attached hydrogen (secondary N) is 1. The van der Waals surface area contributed by atoms with Gasteiger partial charge in [0.1, 0.15) is 11.3 Å². The Kier molecular flexibility index (Phi) is 3.47. The average molecular weight is 263 g/mol. The maximum absolute atomic E-state index is 12.1. The maximum Gasteiger partial charge on any atom is 0.263 e. The fourth-order valence-electron chi connectivity index (χ4n) is 1.53. The van der Waals surface area contributed by atoms with Gasteiger partial charge in [0.15, 0.2) is 5.13 Å². The third kappa shape index (κ3) is 2.43. The molecule has 0 bridgehead atoms. The molecule has 2 aromatic rings. The average Bonchev–Trinajstić information content (AvgIpc) is 2.74. The lowest BCUT2D eigenvalue weighted by atomic mass is 10.1. The van der Waals surface area contributed by atoms with Crippen molar-refractivity contribution in [1.29, 1.82) is 0 Å². The van der Waals surface area contributed by atoms with Gasteiger partial charge >= 0.3 is 0 Å². The number of benzene rings is 1. The van der Waals surface area contributed by atoms with Crippen molar-refractivity contribution in [1.82, 2.24) is 4.98 Å². The van der Waals surface area contributed by atoms with Crippen molar-refractivity contribution in [3.05, 3.63) is 34.8 Å². The normalized spacial score (nSPS) is 10.1. The number of nitrogens with zero attached hydrogens (tertiary/aromatic N) is 1. The highest BCUT2D eigenvalue weighted by Crippen LogP contribution is 2.26. The van der Waals surface area contributed by atoms with Crippen LogP contribution in [0.3, 0.4) is 0 Å². The molecule has 94 valence electrons. The third-order valence-electron chi connectivity index (χ3n) is 2.35. The summed E-state index contributed by atoms with van der Waals surface area (Å²) in [5, 5.41) is 3.25. The number of nitrogens with two attached hydrogens (primary N) is 1. The first kappa shape index (κ1) is 12.4. The fourth-order valence-corrected chi connectivity index (χ4v) is 2.19. The molecule has 0 aliphatic heterocycles. The molecule has 0 saturated heterocycles. The summed E-state index contributed by atoms with van der Waals surface area (Å²) in [4.78, 5) is 17.2. The quantitative estimate of drug-likeness (QED) is 0.833. The van der Waals surface area contributed by atoms with E-state index in [0.717, 1.165) is 4.88 Å². The summed E-state index contributed by atoms with van der Waals surface area (Å²) in [5.74, 6) is 0.125. The van der Waals surface area contributed by atoms with Gasteiger partial charge in [-0.3, -0.25) is 10.1 Å². The minimum Gasteiger partial charge on any atom is -0.496 e. The predicted molar refractivity (Wildman–Crippen MR) is 72.2 cm³/mol. The van der Waals surface area contributed by atoms with E-state index in [0.29, 0.717) is 22.1 Å². The molecular formula is C12H13N3O2S. The molecule has 0 atom stereocenters. The minimum absolute atomic E-state index is 0.320. The summed E-state index contributed by atoms with van der Waals surface area (Å²) in [6, 6.07) is 5.08. The molecule has 5 nitrogen and oxygen atoms in total. The lowest BCUT2D eigenvalue weighted by Gasteiger charge is -2.10. The Balaban J connectivity index is 2.28. The van der Waals surface area contributed by atoms with Gasteiger partial charge in [-0.05, 0) is 19.1 Å². The largest absolute Gasteiger partial charge is 0.496 e. The van der Waals surface area contributed by atoms with Crippen LogP contribution in [0, 0.1) is 6.92 Å². The molecule has 2 rings (SSSR count). The van der Waals surface area contributed by atoms with Crippen LogP contribution < -0.4 is 15.8 Å². The van der Waals surface area contributed by atoms with Crippen molar-refractivity contribution in [3.8, 4) is 5.75 Å². The van der Waals surface area contributed by atoms with Crippen LogP contribution in [-0.4, -0.2) is 18.0 Å². The number of hydrogen-bond donors (Lipinski definition) is 2. The Hall–Kier alpha value is -2.08. The van der Waals surface area contributed by atoms with Crippen molar-refractivity contribution in [2.75, 3.05) is 18.2 Å². The van der Waals surface area contributed by atoms with Crippen LogP contribution in [0.5, 0.6) is 5.75 Å². The molecule has 6 heteroatoms. The van der Waals surface area contributed by atoms with Crippen LogP contribution in [0.4, 0.5) is 10.8 Å². The number of nitrogen functional groups attached to an aromatic ring is 1. The van der Waals surface area contributed by atoms with Crippen molar-refractivity contribution in [2.24, 2.45) is 0 Å². The molecule has 0 unspecified atom stereocenters. The smallest absolute Gasteiger partial charge is 0.263 e. The Morgan fingerprint density at radius 3 is 2.89 bits per heavy atom. The zero-order valence-corrected chi connectivity index (χ0v) is 10.9. The van der Waals surface area contributed by atoms with E-state index < -0.39 is 0 Å². The van der Waals surface area contributed by atoms with Crippen LogP contribution in [0.2, 0.25) is 0 Å². The zero-order valence-electron chi connectivity index (χ0n) is 10.1. The van der Waals surface area contributed by atoms with Crippen LogP contribution in [0.1, 0.15) is 15.2 Å². The number of carbonyl (C=O) groups excluding carboxylic acids is 1. The molecule has 0 spiro atoms. The van der Waals surface area contributed by atoms with Crippen molar-refractivity contribution in [3.63, 3.8) is 0 Å². The monoisotopic (exact) mass is 263 g/mol. The second-order valence-electron chi connectivity index (χ2n) is 3.65. The SMILES string of the molecule is COc1cccc(N)c1C(=O)Nc1ncc(C)s1. The molecule has 1 aromatic heterocycles. The number of carbonyl (C=O) groups is 1. The van der Waals surface area contributed by atoms with Gasteiger partial charge in [-0.25, -0.2) is 4.98 Å². The Morgan fingerprint density at radius 2 is 2.28 bits per heavy atom. The third-order valence-corrected chi connectivity index (χ3v) is 3.18. The Morgan fingerprint density at radius 1 is 1.50 bits per heavy atom. The molecule has 1 amide bonds. The molecule has 18 heavy (non-hydrogen) atoms. The second kappa shape index (κ2) is 5.05. The standard InChI is InChI=1S/C12H13N3O2S/c1-7-6-14-12(18-7)15-11(16)10-8(13)4-3-5-9(10)17-2/h3-6H,13H2,1-2H3,(H,14,15,16). The zero-order chi connectivity index (χ0) is 13.1. The van der Waals surface area contributed by atoms with Crippen LogP contribution in [0.15, 0.2) is 24.4 Å². The van der Waals surface area contributed by atoms with E-state index in [1.807, 2.05) is 6.92 Å². The first-order valence-corrected chi connectivity index (χ1v) is 6.09. The first-order chi connectivity index (χ1) is 8.61. The van der Waals surface area contributed by atoms with Crippen molar-refractivity contribution in [2.45, 2.75) is 6.92 Å². The Labute approximate surface area is 109 Å². The van der Waals surface area contributed by atoms with Crippen molar-refractivity contribution < 1.29 is 9.53 Å². The number of rotatable bonds is 3. The van der Waals surface area contributed by atoms with E-state index in [1.165, 1.54) is 18.4 Å². The van der Waals surface area contributed by atoms with Gasteiger partial charge in [-0.15, -0.1) is 11.3 Å². The molecule has 0 saturated carbocycles. The first-order valence-electron chi connectivity index (χ1n) is 5.28. The highest BCUT2D eigenvalue weighted by Gasteiger charge is 2.16. The minimum atomic E-state index is -0.320. The van der Waals surface area contributed by atoms with E-state index in [-0.39, 0.29) is 5.91 Å². The van der Waals surface area contributed by atoms with E-state index >= 15 is 0 Å². The van der Waals surface area contributed by atoms with Crippen LogP contribution >= 0.6 is 11.3 Å². The maximum atomic E-state index is 12.1. The number of anilines is 2. The van der Waals surface area contributed by atoms with Gasteiger partial charge in [-0.2, -0.15) is 0 Å². The fraction of sp³-hybridized carbons (Fsp3) is 0.167. The highest BCUT2D eigenvalue weighted by molar-refractivity contribution is 7.15. The predicted octanol–water partition coefficient (Wildman–Crippen LogP) is 2.29. The summed E-state index contributed by atoms with van der Waals surface area (Å²) in [6.45, 7) is 1.92. The summed E-state index contributed by atoms with van der Waals surface area (Å²) >= 11 is 1.41. The van der Waals surface area contributed by atoms with E-state index in [9.17, 15) is 4.79 Å². The number of methoxy groups -OCH3 is 1. The topological polar surface area (TPSA) is 77.2 Å². The van der Waals surface area contributed by atoms with E-state index in [2.05, 4.69) is 10.3 Å². The molecular weight excluding hydrogens is 250 g/mol. The van der Waals surface area contributed by atoms with E-state index in [1.54, 1.807) is 24.4 Å².